The smallest absolute Gasteiger partial charge is 0.423 e. The van der Waals surface area contributed by atoms with E-state index in [0.717, 1.165) is 8.72 Å². The number of hydrogen-bond acceptors (Lipinski definition) is 6. The van der Waals surface area contributed by atoms with Gasteiger partial charge in [0.25, 0.3) is 10.2 Å². The zero-order valence-electron chi connectivity index (χ0n) is 16.5. The Morgan fingerprint density at radius 2 is 1.89 bits per heavy atom. The third kappa shape index (κ3) is 5.66. The minimum absolute atomic E-state index is 0.118. The number of nitrogens with one attached hydrogen (secondary N) is 1. The lowest BCUT2D eigenvalue weighted by atomic mass is 10.2. The summed E-state index contributed by atoms with van der Waals surface area (Å²) in [6, 6.07) is 7.88. The first-order valence-electron chi connectivity index (χ1n) is 8.95. The molecule has 0 aromatic heterocycles. The summed E-state index contributed by atoms with van der Waals surface area (Å²) in [5, 5.41) is 0. The third-order valence-electron chi connectivity index (χ3n) is 4.04. The lowest BCUT2D eigenvalue weighted by Gasteiger charge is -2.30. The van der Waals surface area contributed by atoms with Crippen LogP contribution in [-0.4, -0.2) is 54.5 Å². The van der Waals surface area contributed by atoms with E-state index in [-0.39, 0.29) is 13.1 Å². The first-order valence-corrected chi connectivity index (χ1v) is 10.3. The Kier molecular flexibility index (Phi) is 7.02. The zero-order chi connectivity index (χ0) is 20.9. The number of amides is 1. The molecule has 1 heterocycles. The molecule has 9 nitrogen and oxygen atoms in total. The molecule has 1 aromatic rings. The van der Waals surface area contributed by atoms with Crippen molar-refractivity contribution in [2.24, 2.45) is 0 Å². The van der Waals surface area contributed by atoms with Crippen molar-refractivity contribution >= 4 is 22.3 Å². The second kappa shape index (κ2) is 8.89. The van der Waals surface area contributed by atoms with Crippen LogP contribution in [0.25, 0.3) is 0 Å². The van der Waals surface area contributed by atoms with Crippen molar-refractivity contribution in [1.29, 1.82) is 0 Å². The molecule has 1 aliphatic rings. The molecule has 0 aliphatic carbocycles. The molecular formula is C18H27N3O6S. The maximum Gasteiger partial charge on any atom is 0.423 e. The van der Waals surface area contributed by atoms with Gasteiger partial charge in [-0.25, -0.2) is 10.2 Å². The van der Waals surface area contributed by atoms with Gasteiger partial charge in [0.15, 0.2) is 0 Å². The van der Waals surface area contributed by atoms with Crippen molar-refractivity contribution in [3.05, 3.63) is 35.9 Å². The number of nitrogens with zero attached hydrogens (tertiary/aromatic N) is 2. The molecule has 1 amide bonds. The summed E-state index contributed by atoms with van der Waals surface area (Å²) in [4.78, 5) is 24.2. The molecule has 1 aromatic carbocycles. The molecule has 1 saturated heterocycles. The van der Waals surface area contributed by atoms with E-state index in [1.54, 1.807) is 51.1 Å². The minimum atomic E-state index is -4.20. The number of carbonyl (C=O) groups excluding carboxylic acids is 2. The van der Waals surface area contributed by atoms with Gasteiger partial charge in [0, 0.05) is 6.54 Å². The highest BCUT2D eigenvalue weighted by Gasteiger charge is 2.43. The van der Waals surface area contributed by atoms with Crippen LogP contribution in [0, 0.1) is 0 Å². The molecule has 1 N–H and O–H groups in total. The Hall–Kier alpha value is -2.17. The predicted molar refractivity (Wildman–Crippen MR) is 102 cm³/mol. The normalized spacial score (nSPS) is 18.1. The third-order valence-corrected chi connectivity index (χ3v) is 5.84. The van der Waals surface area contributed by atoms with Crippen molar-refractivity contribution in [3.63, 3.8) is 0 Å². The maximum atomic E-state index is 13.2. The average Bonchev–Trinajstić information content (AvgIpc) is 3.10. The van der Waals surface area contributed by atoms with E-state index in [0.29, 0.717) is 18.4 Å². The van der Waals surface area contributed by atoms with E-state index < -0.39 is 33.9 Å². The Labute approximate surface area is 165 Å². The molecule has 156 valence electrons. The van der Waals surface area contributed by atoms with E-state index in [1.165, 1.54) is 7.11 Å². The van der Waals surface area contributed by atoms with Crippen LogP contribution in [0.15, 0.2) is 30.3 Å². The highest BCUT2D eigenvalue weighted by Crippen LogP contribution is 2.24. The standard InChI is InChI=1S/C18H27N3O6S/c1-18(2,3)27-17(23)19-21(13-14-9-6-5-7-10-14)28(24,25)20-12-8-11-15(20)16(22)26-4/h5-7,9-10,15H,8,11-13H2,1-4H3,(H,19,23)/t15-/m0/s1. The van der Waals surface area contributed by atoms with Gasteiger partial charge in [-0.3, -0.25) is 4.79 Å². The summed E-state index contributed by atoms with van der Waals surface area (Å²) in [6.07, 6.45) is -0.0249. The van der Waals surface area contributed by atoms with Gasteiger partial charge >= 0.3 is 12.1 Å². The van der Waals surface area contributed by atoms with Gasteiger partial charge in [0.05, 0.1) is 13.7 Å². The Bertz CT molecular complexity index is 791. The molecule has 1 fully saturated rings. The van der Waals surface area contributed by atoms with Crippen molar-refractivity contribution < 1.29 is 27.5 Å². The number of ether oxygens (including phenoxy) is 2. The molecule has 0 bridgehead atoms. The lowest BCUT2D eigenvalue weighted by Crippen LogP contribution is -2.55. The molecule has 0 saturated carbocycles. The highest BCUT2D eigenvalue weighted by molar-refractivity contribution is 7.86. The van der Waals surface area contributed by atoms with Gasteiger partial charge < -0.3 is 9.47 Å². The second-order valence-corrected chi connectivity index (χ2v) is 9.21. The lowest BCUT2D eigenvalue weighted by molar-refractivity contribution is -0.144. The fourth-order valence-corrected chi connectivity index (χ4v) is 4.47. The average molecular weight is 413 g/mol. The van der Waals surface area contributed by atoms with Gasteiger partial charge in [0.2, 0.25) is 0 Å². The van der Waals surface area contributed by atoms with Gasteiger partial charge in [-0.2, -0.15) is 12.7 Å². The van der Waals surface area contributed by atoms with Crippen molar-refractivity contribution in [2.45, 2.75) is 51.8 Å². The van der Waals surface area contributed by atoms with Crippen LogP contribution in [0.3, 0.4) is 0 Å². The van der Waals surface area contributed by atoms with Crippen LogP contribution in [0.1, 0.15) is 39.2 Å². The van der Waals surface area contributed by atoms with E-state index >= 15 is 0 Å². The van der Waals surface area contributed by atoms with E-state index in [4.69, 9.17) is 9.47 Å². The Balaban J connectivity index is 2.30. The van der Waals surface area contributed by atoms with Gasteiger partial charge in [-0.15, -0.1) is 0 Å². The first kappa shape index (κ1) is 22.1. The number of esters is 1. The van der Waals surface area contributed by atoms with Gasteiger partial charge in [0.1, 0.15) is 11.6 Å². The number of hydrazine groups is 1. The van der Waals surface area contributed by atoms with Crippen LogP contribution in [0.2, 0.25) is 0 Å². The number of benzene rings is 1. The van der Waals surface area contributed by atoms with Crippen LogP contribution in [-0.2, 0) is 31.0 Å². The van der Waals surface area contributed by atoms with Crippen molar-refractivity contribution in [3.8, 4) is 0 Å². The van der Waals surface area contributed by atoms with Crippen molar-refractivity contribution in [1.82, 2.24) is 14.1 Å². The molecule has 0 radical (unpaired) electrons. The predicted octanol–water partition coefficient (Wildman–Crippen LogP) is 1.81. The molecule has 10 heteroatoms. The molecule has 2 rings (SSSR count). The van der Waals surface area contributed by atoms with Crippen LogP contribution in [0.4, 0.5) is 4.79 Å². The molecule has 1 aliphatic heterocycles. The fourth-order valence-electron chi connectivity index (χ4n) is 2.85. The van der Waals surface area contributed by atoms with Crippen molar-refractivity contribution in [2.75, 3.05) is 13.7 Å². The number of methoxy groups -OCH3 is 1. The summed E-state index contributed by atoms with van der Waals surface area (Å²) in [5.41, 5.74) is 2.17. The summed E-state index contributed by atoms with van der Waals surface area (Å²) in [6.45, 7) is 5.07. The summed E-state index contributed by atoms with van der Waals surface area (Å²) in [7, 11) is -2.99. The van der Waals surface area contributed by atoms with Gasteiger partial charge in [-0.1, -0.05) is 34.7 Å². The summed E-state index contributed by atoms with van der Waals surface area (Å²) >= 11 is 0. The first-order chi connectivity index (χ1) is 13.0. The summed E-state index contributed by atoms with van der Waals surface area (Å²) in [5.74, 6) is -0.627. The second-order valence-electron chi connectivity index (χ2n) is 7.41. The zero-order valence-corrected chi connectivity index (χ0v) is 17.4. The van der Waals surface area contributed by atoms with Crippen LogP contribution < -0.4 is 5.43 Å². The SMILES string of the molecule is COC(=O)[C@@H]1CCCN1S(=O)(=O)N(Cc1ccccc1)NC(=O)OC(C)(C)C. The van der Waals surface area contributed by atoms with Crippen LogP contribution in [0.5, 0.6) is 0 Å². The molecule has 1 atom stereocenters. The quantitative estimate of drug-likeness (QED) is 0.563. The molecular weight excluding hydrogens is 386 g/mol. The van der Waals surface area contributed by atoms with Gasteiger partial charge in [-0.05, 0) is 39.2 Å². The molecule has 0 unspecified atom stereocenters. The summed E-state index contributed by atoms with van der Waals surface area (Å²) < 4.78 is 38.3. The number of hydrogen-bond donors (Lipinski definition) is 1. The monoisotopic (exact) mass is 413 g/mol. The Morgan fingerprint density at radius 1 is 1.25 bits per heavy atom. The highest BCUT2D eigenvalue weighted by atomic mass is 32.2. The number of carbonyl (C=O) groups is 2. The Morgan fingerprint density at radius 3 is 2.46 bits per heavy atom. The van der Waals surface area contributed by atoms with E-state index in [1.807, 2.05) is 0 Å². The number of rotatable bonds is 6. The minimum Gasteiger partial charge on any atom is -0.468 e. The van der Waals surface area contributed by atoms with E-state index in [2.05, 4.69) is 5.43 Å². The molecule has 28 heavy (non-hydrogen) atoms. The fraction of sp³-hybridized carbons (Fsp3) is 0.556. The maximum absolute atomic E-state index is 13.2. The van der Waals surface area contributed by atoms with E-state index in [9.17, 15) is 18.0 Å². The molecule has 0 spiro atoms. The topological polar surface area (TPSA) is 105 Å². The largest absolute Gasteiger partial charge is 0.468 e. The van der Waals surface area contributed by atoms with Crippen LogP contribution >= 0.6 is 0 Å².